The number of nitrogens with one attached hydrogen (secondary N) is 1. The highest BCUT2D eigenvalue weighted by Crippen LogP contribution is 2.33. The SMILES string of the molecule is CCOc1ccccc1N(CC(=O)N(Cc1cccc(OC)c1)[C@@H](C)C(=O)NC1CCCCC1)S(=O)(=O)c1ccc(SC)cc1. The molecule has 45 heavy (non-hydrogen) atoms. The summed E-state index contributed by atoms with van der Waals surface area (Å²) in [4.78, 5) is 30.3. The fraction of sp³-hybridized carbons (Fsp3) is 0.412. The molecule has 242 valence electrons. The van der Waals surface area contributed by atoms with Gasteiger partial charge in [0.15, 0.2) is 0 Å². The van der Waals surface area contributed by atoms with E-state index < -0.39 is 28.5 Å². The van der Waals surface area contributed by atoms with Crippen LogP contribution in [-0.4, -0.2) is 63.7 Å². The van der Waals surface area contributed by atoms with Gasteiger partial charge in [-0.25, -0.2) is 8.42 Å². The number of methoxy groups -OCH3 is 1. The van der Waals surface area contributed by atoms with Crippen molar-refractivity contribution in [2.24, 2.45) is 0 Å². The Kier molecular flexibility index (Phi) is 12.2. The summed E-state index contributed by atoms with van der Waals surface area (Å²) in [6.07, 6.45) is 6.96. The first-order valence-electron chi connectivity index (χ1n) is 15.3. The topological polar surface area (TPSA) is 105 Å². The molecule has 11 heteroatoms. The maximum atomic E-state index is 14.3. The number of nitrogens with zero attached hydrogens (tertiary/aromatic N) is 2. The lowest BCUT2D eigenvalue weighted by atomic mass is 9.95. The Bertz CT molecular complexity index is 1540. The highest BCUT2D eigenvalue weighted by atomic mass is 32.2. The van der Waals surface area contributed by atoms with E-state index >= 15 is 0 Å². The molecule has 3 aromatic carbocycles. The number of hydrogen-bond donors (Lipinski definition) is 1. The minimum atomic E-state index is -4.22. The van der Waals surface area contributed by atoms with Gasteiger partial charge >= 0.3 is 0 Å². The first-order chi connectivity index (χ1) is 21.7. The van der Waals surface area contributed by atoms with E-state index in [0.717, 1.165) is 46.9 Å². The monoisotopic (exact) mass is 653 g/mol. The molecule has 1 aliphatic rings. The molecule has 9 nitrogen and oxygen atoms in total. The van der Waals surface area contributed by atoms with Gasteiger partial charge < -0.3 is 19.7 Å². The molecule has 0 spiro atoms. The van der Waals surface area contributed by atoms with E-state index in [4.69, 9.17) is 9.47 Å². The summed E-state index contributed by atoms with van der Waals surface area (Å²) >= 11 is 1.50. The zero-order valence-corrected chi connectivity index (χ0v) is 28.0. The van der Waals surface area contributed by atoms with Crippen molar-refractivity contribution in [2.75, 3.05) is 30.8 Å². The van der Waals surface area contributed by atoms with Crippen LogP contribution in [0.4, 0.5) is 5.69 Å². The lowest BCUT2D eigenvalue weighted by Crippen LogP contribution is -2.53. The number of rotatable bonds is 14. The Hall–Kier alpha value is -3.70. The van der Waals surface area contributed by atoms with Crippen LogP contribution in [0.25, 0.3) is 0 Å². The Morgan fingerprint density at radius 1 is 1.00 bits per heavy atom. The summed E-state index contributed by atoms with van der Waals surface area (Å²) in [5.41, 5.74) is 0.985. The molecule has 0 bridgehead atoms. The average molecular weight is 654 g/mol. The standard InChI is InChI=1S/C34H43N3O6S2/c1-5-43-32-17-10-9-16-31(32)37(45(40,41)30-20-18-29(44-4)19-21-30)24-33(38)36(23-26-12-11-15-28(22-26)42-3)25(2)34(39)35-27-13-7-6-8-14-27/h9-12,15-22,25,27H,5-8,13-14,23-24H2,1-4H3,(H,35,39)/t25-/m0/s1. The summed E-state index contributed by atoms with van der Waals surface area (Å²) < 4.78 is 40.8. The second-order valence-electron chi connectivity index (χ2n) is 11.0. The highest BCUT2D eigenvalue weighted by Gasteiger charge is 2.34. The molecule has 0 unspecified atom stereocenters. The summed E-state index contributed by atoms with van der Waals surface area (Å²) in [6.45, 7) is 3.34. The smallest absolute Gasteiger partial charge is 0.264 e. The van der Waals surface area contributed by atoms with Crippen molar-refractivity contribution < 1.29 is 27.5 Å². The zero-order valence-electron chi connectivity index (χ0n) is 26.4. The van der Waals surface area contributed by atoms with Gasteiger partial charge in [-0.1, -0.05) is 43.5 Å². The van der Waals surface area contributed by atoms with Crippen LogP contribution in [0.5, 0.6) is 11.5 Å². The number of hydrogen-bond acceptors (Lipinski definition) is 7. The fourth-order valence-electron chi connectivity index (χ4n) is 5.45. The molecular weight excluding hydrogens is 611 g/mol. The average Bonchev–Trinajstić information content (AvgIpc) is 3.06. The van der Waals surface area contributed by atoms with Crippen LogP contribution in [0, 0.1) is 0 Å². The molecule has 2 amide bonds. The van der Waals surface area contributed by atoms with E-state index in [9.17, 15) is 18.0 Å². The number of para-hydroxylation sites is 2. The van der Waals surface area contributed by atoms with Crippen LogP contribution >= 0.6 is 11.8 Å². The predicted octanol–water partition coefficient (Wildman–Crippen LogP) is 5.88. The first-order valence-corrected chi connectivity index (χ1v) is 18.0. The van der Waals surface area contributed by atoms with Gasteiger partial charge in [-0.15, -0.1) is 11.8 Å². The van der Waals surface area contributed by atoms with Crippen molar-refractivity contribution in [1.29, 1.82) is 0 Å². The van der Waals surface area contributed by atoms with Gasteiger partial charge in [0.1, 0.15) is 24.1 Å². The maximum absolute atomic E-state index is 14.3. The van der Waals surface area contributed by atoms with Crippen molar-refractivity contribution in [2.45, 2.75) is 74.4 Å². The largest absolute Gasteiger partial charge is 0.497 e. The minimum Gasteiger partial charge on any atom is -0.497 e. The number of ether oxygens (including phenoxy) is 2. The summed E-state index contributed by atoms with van der Waals surface area (Å²) in [5.74, 6) is 0.150. The summed E-state index contributed by atoms with van der Waals surface area (Å²) in [5, 5.41) is 3.13. The van der Waals surface area contributed by atoms with Crippen molar-refractivity contribution in [3.05, 3.63) is 78.4 Å². The zero-order chi connectivity index (χ0) is 32.4. The van der Waals surface area contributed by atoms with Gasteiger partial charge in [0.25, 0.3) is 10.0 Å². The molecule has 1 saturated carbocycles. The number of sulfonamides is 1. The van der Waals surface area contributed by atoms with Crippen LogP contribution in [0.2, 0.25) is 0 Å². The molecule has 0 saturated heterocycles. The Morgan fingerprint density at radius 3 is 2.38 bits per heavy atom. The molecule has 1 aliphatic carbocycles. The van der Waals surface area contributed by atoms with E-state index in [1.54, 1.807) is 62.6 Å². The van der Waals surface area contributed by atoms with Gasteiger partial charge in [0.05, 0.1) is 24.3 Å². The molecule has 4 rings (SSSR count). The molecule has 0 aliphatic heterocycles. The van der Waals surface area contributed by atoms with Crippen molar-refractivity contribution >= 4 is 39.3 Å². The molecule has 3 aromatic rings. The number of carbonyl (C=O) groups is 2. The van der Waals surface area contributed by atoms with Gasteiger partial charge in [0.2, 0.25) is 11.8 Å². The quantitative estimate of drug-likeness (QED) is 0.217. The molecule has 0 aromatic heterocycles. The molecule has 0 heterocycles. The van der Waals surface area contributed by atoms with Gasteiger partial charge in [0, 0.05) is 17.5 Å². The summed E-state index contributed by atoms with van der Waals surface area (Å²) in [7, 11) is -2.66. The molecule has 1 atom stereocenters. The number of thioether (sulfide) groups is 1. The Balaban J connectivity index is 1.73. The van der Waals surface area contributed by atoms with E-state index in [0.29, 0.717) is 18.1 Å². The van der Waals surface area contributed by atoms with Crippen LogP contribution in [0.15, 0.2) is 82.6 Å². The number of amides is 2. The fourth-order valence-corrected chi connectivity index (χ4v) is 7.28. The van der Waals surface area contributed by atoms with Crippen LogP contribution in [0.1, 0.15) is 51.5 Å². The lowest BCUT2D eigenvalue weighted by molar-refractivity contribution is -0.139. The summed E-state index contributed by atoms with van der Waals surface area (Å²) in [6, 6.07) is 19.8. The molecule has 1 fully saturated rings. The van der Waals surface area contributed by atoms with E-state index in [1.165, 1.54) is 28.8 Å². The van der Waals surface area contributed by atoms with Crippen molar-refractivity contribution in [3.63, 3.8) is 0 Å². The lowest BCUT2D eigenvalue weighted by Gasteiger charge is -2.33. The van der Waals surface area contributed by atoms with E-state index in [-0.39, 0.29) is 29.1 Å². The number of benzene rings is 3. The normalized spacial score (nSPS) is 14.3. The second kappa shape index (κ2) is 16.0. The molecule has 1 N–H and O–H groups in total. The number of carbonyl (C=O) groups excluding carboxylic acids is 2. The molecule has 0 radical (unpaired) electrons. The third kappa shape index (κ3) is 8.73. The van der Waals surface area contributed by atoms with E-state index in [2.05, 4.69) is 5.32 Å². The highest BCUT2D eigenvalue weighted by molar-refractivity contribution is 7.98. The first kappa shape index (κ1) is 34.2. The van der Waals surface area contributed by atoms with Gasteiger partial charge in [-0.2, -0.15) is 0 Å². The van der Waals surface area contributed by atoms with E-state index in [1.807, 2.05) is 25.3 Å². The van der Waals surface area contributed by atoms with Crippen LogP contribution in [0.3, 0.4) is 0 Å². The predicted molar refractivity (Wildman–Crippen MR) is 178 cm³/mol. The van der Waals surface area contributed by atoms with Crippen molar-refractivity contribution in [3.8, 4) is 11.5 Å². The van der Waals surface area contributed by atoms with Gasteiger partial charge in [-0.05, 0) is 87.0 Å². The Morgan fingerprint density at radius 2 is 1.71 bits per heavy atom. The van der Waals surface area contributed by atoms with Crippen molar-refractivity contribution in [1.82, 2.24) is 10.2 Å². The third-order valence-electron chi connectivity index (χ3n) is 7.97. The Labute approximate surface area is 271 Å². The van der Waals surface area contributed by atoms with Crippen LogP contribution in [-0.2, 0) is 26.2 Å². The second-order valence-corrected chi connectivity index (χ2v) is 13.7. The maximum Gasteiger partial charge on any atom is 0.264 e. The number of anilines is 1. The molecular formula is C34H43N3O6S2. The van der Waals surface area contributed by atoms with Crippen LogP contribution < -0.4 is 19.1 Å². The van der Waals surface area contributed by atoms with Gasteiger partial charge in [-0.3, -0.25) is 13.9 Å². The minimum absolute atomic E-state index is 0.0434. The third-order valence-corrected chi connectivity index (χ3v) is 10.5.